The molecule has 152 valence electrons. The summed E-state index contributed by atoms with van der Waals surface area (Å²) in [5.41, 5.74) is 0.528. The highest BCUT2D eigenvalue weighted by molar-refractivity contribution is 5.89. The predicted octanol–water partition coefficient (Wildman–Crippen LogP) is 4.58. The van der Waals surface area contributed by atoms with Crippen LogP contribution in [0.25, 0.3) is 0 Å². The van der Waals surface area contributed by atoms with Crippen LogP contribution in [0.3, 0.4) is 0 Å². The van der Waals surface area contributed by atoms with Crippen LogP contribution in [0.2, 0.25) is 0 Å². The van der Waals surface area contributed by atoms with Gasteiger partial charge in [-0.25, -0.2) is 13.6 Å². The van der Waals surface area contributed by atoms with E-state index in [1.165, 1.54) is 43.3 Å². The number of anilines is 1. The number of nitrogens with one attached hydrogen (secondary N) is 1. The van der Waals surface area contributed by atoms with Crippen LogP contribution in [0.5, 0.6) is 11.5 Å². The molecule has 0 heterocycles. The van der Waals surface area contributed by atoms with Crippen LogP contribution in [0.15, 0.2) is 36.4 Å². The predicted molar refractivity (Wildman–Crippen MR) is 91.4 cm³/mol. The van der Waals surface area contributed by atoms with E-state index in [2.05, 4.69) is 5.32 Å². The lowest BCUT2D eigenvalue weighted by Crippen LogP contribution is -2.30. The van der Waals surface area contributed by atoms with E-state index in [0.717, 1.165) is 12.1 Å². The van der Waals surface area contributed by atoms with Crippen LogP contribution in [0.4, 0.5) is 32.4 Å². The molecule has 2 aromatic rings. The zero-order valence-corrected chi connectivity index (χ0v) is 14.9. The van der Waals surface area contributed by atoms with Gasteiger partial charge in [-0.3, -0.25) is 0 Å². The van der Waals surface area contributed by atoms with Gasteiger partial charge in [0.25, 0.3) is 0 Å². The molecule has 2 amide bonds. The monoisotopic (exact) mass is 404 g/mol. The number of nitrogens with zero attached hydrogens (tertiary/aromatic N) is 1. The second kappa shape index (κ2) is 8.77. The third-order valence-corrected chi connectivity index (χ3v) is 3.56. The molecule has 0 spiro atoms. The first-order valence-electron chi connectivity index (χ1n) is 7.92. The third-order valence-electron chi connectivity index (χ3n) is 3.56. The Morgan fingerprint density at radius 1 is 1.07 bits per heavy atom. The lowest BCUT2D eigenvalue weighted by molar-refractivity contribution is -0.153. The summed E-state index contributed by atoms with van der Waals surface area (Å²) >= 11 is 0. The molecule has 2 aromatic carbocycles. The van der Waals surface area contributed by atoms with E-state index in [1.54, 1.807) is 0 Å². The summed E-state index contributed by atoms with van der Waals surface area (Å²) in [5, 5.41) is 2.48. The number of methoxy groups -OCH3 is 1. The van der Waals surface area contributed by atoms with Gasteiger partial charge in [-0.05, 0) is 29.8 Å². The number of carbonyl (C=O) groups is 1. The first-order chi connectivity index (χ1) is 13.1. The number of hydrogen-bond acceptors (Lipinski definition) is 3. The zero-order valence-electron chi connectivity index (χ0n) is 14.9. The van der Waals surface area contributed by atoms with Crippen molar-refractivity contribution >= 4 is 11.7 Å². The van der Waals surface area contributed by atoms with Crippen molar-refractivity contribution in [2.45, 2.75) is 12.7 Å². The molecule has 0 bridgehead atoms. The maximum atomic E-state index is 13.2. The fraction of sp³-hybridized carbons (Fsp3) is 0.278. The molecule has 0 unspecified atom stereocenters. The van der Waals surface area contributed by atoms with E-state index in [-0.39, 0.29) is 23.7 Å². The molecule has 0 saturated carbocycles. The second-order valence-corrected chi connectivity index (χ2v) is 5.80. The summed E-state index contributed by atoms with van der Waals surface area (Å²) < 4.78 is 72.9. The molecule has 0 aromatic heterocycles. The van der Waals surface area contributed by atoms with Crippen molar-refractivity contribution in [3.8, 4) is 11.5 Å². The van der Waals surface area contributed by atoms with Gasteiger partial charge in [-0.2, -0.15) is 13.2 Å². The Hall–Kier alpha value is -3.04. The first kappa shape index (κ1) is 21.3. The number of halogens is 5. The van der Waals surface area contributed by atoms with Crippen LogP contribution >= 0.6 is 0 Å². The quantitative estimate of drug-likeness (QED) is 0.718. The molecule has 28 heavy (non-hydrogen) atoms. The number of alkyl halides is 3. The number of rotatable bonds is 6. The molecule has 0 aliphatic heterocycles. The minimum Gasteiger partial charge on any atom is -0.493 e. The Bertz CT molecular complexity index is 842. The van der Waals surface area contributed by atoms with Gasteiger partial charge in [0, 0.05) is 25.3 Å². The molecule has 0 saturated heterocycles. The van der Waals surface area contributed by atoms with E-state index in [9.17, 15) is 26.7 Å². The zero-order chi connectivity index (χ0) is 20.9. The number of amides is 2. The molecular weight excluding hydrogens is 387 g/mol. The van der Waals surface area contributed by atoms with Crippen LogP contribution in [-0.2, 0) is 6.54 Å². The maximum Gasteiger partial charge on any atom is 0.422 e. The van der Waals surface area contributed by atoms with E-state index >= 15 is 0 Å². The highest BCUT2D eigenvalue weighted by Crippen LogP contribution is 2.31. The Morgan fingerprint density at radius 3 is 2.39 bits per heavy atom. The van der Waals surface area contributed by atoms with Crippen molar-refractivity contribution in [2.75, 3.05) is 26.1 Å². The van der Waals surface area contributed by atoms with Gasteiger partial charge in [-0.15, -0.1) is 0 Å². The van der Waals surface area contributed by atoms with E-state index in [4.69, 9.17) is 9.47 Å². The molecular formula is C18H17F5N2O3. The molecule has 0 fully saturated rings. The average Bonchev–Trinajstić information content (AvgIpc) is 2.62. The van der Waals surface area contributed by atoms with Gasteiger partial charge in [0.2, 0.25) is 0 Å². The van der Waals surface area contributed by atoms with Crippen molar-refractivity contribution in [3.05, 3.63) is 53.6 Å². The largest absolute Gasteiger partial charge is 0.493 e. The number of benzene rings is 2. The van der Waals surface area contributed by atoms with Gasteiger partial charge in [0.15, 0.2) is 29.7 Å². The summed E-state index contributed by atoms with van der Waals surface area (Å²) in [4.78, 5) is 13.4. The van der Waals surface area contributed by atoms with Crippen LogP contribution in [-0.4, -0.2) is 37.9 Å². The van der Waals surface area contributed by atoms with E-state index in [0.29, 0.717) is 5.56 Å². The Kier molecular flexibility index (Phi) is 6.66. The van der Waals surface area contributed by atoms with E-state index < -0.39 is 30.4 Å². The van der Waals surface area contributed by atoms with Crippen molar-refractivity contribution < 1.29 is 36.2 Å². The lowest BCUT2D eigenvalue weighted by Gasteiger charge is -2.19. The lowest BCUT2D eigenvalue weighted by atomic mass is 10.2. The Morgan fingerprint density at radius 2 is 1.79 bits per heavy atom. The average molecular weight is 404 g/mol. The molecule has 0 aliphatic carbocycles. The number of carbonyl (C=O) groups excluding carboxylic acids is 1. The van der Waals surface area contributed by atoms with E-state index in [1.807, 2.05) is 0 Å². The summed E-state index contributed by atoms with van der Waals surface area (Å²) in [6.45, 7) is -1.53. The molecule has 10 heteroatoms. The topological polar surface area (TPSA) is 50.8 Å². The van der Waals surface area contributed by atoms with Crippen molar-refractivity contribution in [2.24, 2.45) is 0 Å². The van der Waals surface area contributed by atoms with Crippen LogP contribution in [0, 0.1) is 11.6 Å². The summed E-state index contributed by atoms with van der Waals surface area (Å²) in [5.74, 6) is -2.16. The SMILES string of the molecule is COc1ccc(NC(=O)N(C)Cc2ccc(F)c(F)c2)cc1OCC(F)(F)F. The first-order valence-corrected chi connectivity index (χ1v) is 7.92. The molecule has 0 aliphatic rings. The van der Waals surface area contributed by atoms with Crippen LogP contribution < -0.4 is 14.8 Å². The third kappa shape index (κ3) is 6.00. The fourth-order valence-electron chi connectivity index (χ4n) is 2.23. The molecule has 2 rings (SSSR count). The highest BCUT2D eigenvalue weighted by Gasteiger charge is 2.29. The van der Waals surface area contributed by atoms with Gasteiger partial charge in [0.1, 0.15) is 0 Å². The fourth-order valence-corrected chi connectivity index (χ4v) is 2.23. The molecule has 0 radical (unpaired) electrons. The van der Waals surface area contributed by atoms with Crippen LogP contribution in [0.1, 0.15) is 5.56 Å². The summed E-state index contributed by atoms with van der Waals surface area (Å²) in [6.07, 6.45) is -4.53. The number of ether oxygens (including phenoxy) is 2. The standard InChI is InChI=1S/C18H17F5N2O3/c1-25(9-11-3-5-13(19)14(20)7-11)17(26)24-12-4-6-15(27-2)16(8-12)28-10-18(21,22)23/h3-8H,9-10H2,1-2H3,(H,24,26). The molecule has 1 N–H and O–H groups in total. The van der Waals surface area contributed by atoms with Crippen molar-refractivity contribution in [1.29, 1.82) is 0 Å². The summed E-state index contributed by atoms with van der Waals surface area (Å²) in [6, 6.07) is 6.59. The smallest absolute Gasteiger partial charge is 0.422 e. The normalized spacial score (nSPS) is 11.1. The molecule has 0 atom stereocenters. The van der Waals surface area contributed by atoms with Gasteiger partial charge >= 0.3 is 12.2 Å². The minimum absolute atomic E-state index is 0.0172. The van der Waals surface area contributed by atoms with Crippen molar-refractivity contribution in [1.82, 2.24) is 4.90 Å². The highest BCUT2D eigenvalue weighted by atomic mass is 19.4. The van der Waals surface area contributed by atoms with Gasteiger partial charge in [0.05, 0.1) is 7.11 Å². The number of urea groups is 1. The van der Waals surface area contributed by atoms with Gasteiger partial charge < -0.3 is 19.7 Å². The summed E-state index contributed by atoms with van der Waals surface area (Å²) in [7, 11) is 2.69. The van der Waals surface area contributed by atoms with Gasteiger partial charge in [-0.1, -0.05) is 6.07 Å². The molecule has 5 nitrogen and oxygen atoms in total. The number of hydrogen-bond donors (Lipinski definition) is 1. The maximum absolute atomic E-state index is 13.2. The minimum atomic E-state index is -4.53. The Labute approximate surface area is 157 Å². The van der Waals surface area contributed by atoms with Crippen molar-refractivity contribution in [3.63, 3.8) is 0 Å². The second-order valence-electron chi connectivity index (χ2n) is 5.80. The Balaban J connectivity index is 2.06.